The monoisotopic (exact) mass is 287 g/mol. The van der Waals surface area contributed by atoms with Crippen molar-refractivity contribution >= 4 is 17.2 Å². The first-order chi connectivity index (χ1) is 9.99. The second-order valence-corrected chi connectivity index (χ2v) is 5.29. The van der Waals surface area contributed by atoms with E-state index in [-0.39, 0.29) is 0 Å². The first kappa shape index (κ1) is 15.1. The van der Waals surface area contributed by atoms with E-state index in [9.17, 15) is 4.79 Å². The van der Waals surface area contributed by atoms with Gasteiger partial charge in [-0.1, -0.05) is 11.2 Å². The maximum absolute atomic E-state index is 10.2. The van der Waals surface area contributed by atoms with Crippen LogP contribution >= 0.6 is 0 Å². The first-order valence-corrected chi connectivity index (χ1v) is 7.09. The molecule has 1 aliphatic carbocycles. The summed E-state index contributed by atoms with van der Waals surface area (Å²) in [7, 11) is 0. The molecule has 1 aliphatic rings. The molecule has 1 aromatic heterocycles. The van der Waals surface area contributed by atoms with Gasteiger partial charge in [0.1, 0.15) is 11.5 Å². The molecule has 1 heterocycles. The van der Waals surface area contributed by atoms with E-state index in [1.807, 2.05) is 26.0 Å². The number of nitrogens with zero attached hydrogens (tertiary/aromatic N) is 1. The lowest BCUT2D eigenvalue weighted by atomic mass is 10.0. The van der Waals surface area contributed by atoms with Gasteiger partial charge >= 0.3 is 0 Å². The van der Waals surface area contributed by atoms with Crippen molar-refractivity contribution in [1.29, 1.82) is 0 Å². The number of nitrogens with two attached hydrogens (primary N) is 2. The van der Waals surface area contributed by atoms with Crippen molar-refractivity contribution in [2.75, 3.05) is 11.5 Å². The second-order valence-electron chi connectivity index (χ2n) is 5.29. The van der Waals surface area contributed by atoms with Crippen molar-refractivity contribution in [3.05, 3.63) is 29.7 Å². The topological polar surface area (TPSA) is 95.1 Å². The number of aromatic nitrogens is 1. The van der Waals surface area contributed by atoms with Crippen molar-refractivity contribution in [3.63, 3.8) is 0 Å². The Hall–Kier alpha value is -2.30. The molecule has 21 heavy (non-hydrogen) atoms. The highest BCUT2D eigenvalue weighted by Gasteiger charge is 2.11. The SMILES string of the molecule is Cc1noc(C)c1-c1ccc(N)c(N)c1.O=C1CCCC1. The number of carbonyl (C=O) groups is 1. The van der Waals surface area contributed by atoms with E-state index in [2.05, 4.69) is 5.16 Å². The largest absolute Gasteiger partial charge is 0.397 e. The molecule has 0 bridgehead atoms. The fourth-order valence-corrected chi connectivity index (χ4v) is 2.39. The number of rotatable bonds is 1. The number of hydrogen-bond donors (Lipinski definition) is 2. The molecule has 0 radical (unpaired) electrons. The maximum atomic E-state index is 10.2. The van der Waals surface area contributed by atoms with E-state index in [1.165, 1.54) is 0 Å². The molecule has 0 spiro atoms. The zero-order chi connectivity index (χ0) is 15.4. The van der Waals surface area contributed by atoms with E-state index < -0.39 is 0 Å². The minimum Gasteiger partial charge on any atom is -0.397 e. The molecule has 0 amide bonds. The molecule has 1 fully saturated rings. The van der Waals surface area contributed by atoms with Crippen LogP contribution in [0.25, 0.3) is 11.1 Å². The highest BCUT2D eigenvalue weighted by atomic mass is 16.5. The summed E-state index contributed by atoms with van der Waals surface area (Å²) in [5, 5.41) is 3.90. The molecule has 2 aromatic rings. The number of ketones is 1. The molecule has 112 valence electrons. The molecular weight excluding hydrogens is 266 g/mol. The van der Waals surface area contributed by atoms with E-state index in [1.54, 1.807) is 6.07 Å². The fraction of sp³-hybridized carbons (Fsp3) is 0.375. The highest BCUT2D eigenvalue weighted by molar-refractivity contribution is 5.80. The van der Waals surface area contributed by atoms with Crippen molar-refractivity contribution in [1.82, 2.24) is 5.16 Å². The van der Waals surface area contributed by atoms with E-state index in [4.69, 9.17) is 16.0 Å². The van der Waals surface area contributed by atoms with Crippen molar-refractivity contribution in [3.8, 4) is 11.1 Å². The van der Waals surface area contributed by atoms with Gasteiger partial charge in [0.25, 0.3) is 0 Å². The van der Waals surface area contributed by atoms with Gasteiger partial charge in [-0.05, 0) is 44.4 Å². The third kappa shape index (κ3) is 3.62. The van der Waals surface area contributed by atoms with E-state index >= 15 is 0 Å². The summed E-state index contributed by atoms with van der Waals surface area (Å²) in [5.74, 6) is 1.24. The molecule has 3 rings (SSSR count). The molecule has 0 aliphatic heterocycles. The Morgan fingerprint density at radius 1 is 1.10 bits per heavy atom. The van der Waals surface area contributed by atoms with Crippen LogP contribution in [0, 0.1) is 13.8 Å². The number of hydrogen-bond acceptors (Lipinski definition) is 5. The molecule has 4 N–H and O–H groups in total. The third-order valence-electron chi connectivity index (χ3n) is 3.57. The molecule has 0 unspecified atom stereocenters. The summed E-state index contributed by atoms with van der Waals surface area (Å²) in [5.41, 5.74) is 15.4. The van der Waals surface area contributed by atoms with Crippen LogP contribution in [0.2, 0.25) is 0 Å². The normalized spacial score (nSPS) is 13.9. The Kier molecular flexibility index (Phi) is 4.62. The second kappa shape index (κ2) is 6.43. The van der Waals surface area contributed by atoms with Gasteiger partial charge in [-0.2, -0.15) is 0 Å². The van der Waals surface area contributed by atoms with Gasteiger partial charge in [-0.25, -0.2) is 0 Å². The fourth-order valence-electron chi connectivity index (χ4n) is 2.39. The van der Waals surface area contributed by atoms with Crippen LogP contribution in [-0.2, 0) is 4.79 Å². The standard InChI is InChI=1S/C11H13N3O.C5H8O/c1-6-11(7(2)15-14-6)8-3-4-9(12)10(13)5-8;6-5-3-1-2-4-5/h3-5H,12-13H2,1-2H3;1-4H2. The van der Waals surface area contributed by atoms with Gasteiger partial charge in [0.2, 0.25) is 0 Å². The first-order valence-electron chi connectivity index (χ1n) is 7.09. The summed E-state index contributed by atoms with van der Waals surface area (Å²) < 4.78 is 5.10. The Balaban J connectivity index is 0.000000225. The zero-order valence-corrected chi connectivity index (χ0v) is 12.5. The predicted octanol–water partition coefficient (Wildman–Crippen LogP) is 3.25. The lowest BCUT2D eigenvalue weighted by Crippen LogP contribution is -1.94. The molecule has 5 heteroatoms. The third-order valence-corrected chi connectivity index (χ3v) is 3.57. The smallest absolute Gasteiger partial charge is 0.141 e. The van der Waals surface area contributed by atoms with Crippen molar-refractivity contribution in [2.24, 2.45) is 0 Å². The van der Waals surface area contributed by atoms with E-state index in [0.29, 0.717) is 17.2 Å². The Morgan fingerprint density at radius 2 is 1.76 bits per heavy atom. The summed E-state index contributed by atoms with van der Waals surface area (Å²) in [6.07, 6.45) is 3.97. The summed E-state index contributed by atoms with van der Waals surface area (Å²) in [6, 6.07) is 5.54. The van der Waals surface area contributed by atoms with Crippen LogP contribution in [0.15, 0.2) is 22.7 Å². The van der Waals surface area contributed by atoms with Gasteiger partial charge in [0, 0.05) is 18.4 Å². The van der Waals surface area contributed by atoms with Crippen molar-refractivity contribution in [2.45, 2.75) is 39.5 Å². The average molecular weight is 287 g/mol. The van der Waals surface area contributed by atoms with Gasteiger partial charge in [0.15, 0.2) is 0 Å². The zero-order valence-electron chi connectivity index (χ0n) is 12.5. The molecule has 0 saturated heterocycles. The molecule has 1 saturated carbocycles. The average Bonchev–Trinajstić information content (AvgIpc) is 3.04. The number of anilines is 2. The number of aryl methyl sites for hydroxylation is 2. The maximum Gasteiger partial charge on any atom is 0.141 e. The Labute approximate surface area is 124 Å². The number of benzene rings is 1. The Morgan fingerprint density at radius 3 is 2.19 bits per heavy atom. The minimum atomic E-state index is 0.454. The van der Waals surface area contributed by atoms with Crippen LogP contribution in [-0.4, -0.2) is 10.9 Å². The minimum absolute atomic E-state index is 0.454. The number of carbonyl (C=O) groups excluding carboxylic acids is 1. The van der Waals surface area contributed by atoms with Gasteiger partial charge in [0.05, 0.1) is 17.1 Å². The summed E-state index contributed by atoms with van der Waals surface area (Å²) in [6.45, 7) is 3.78. The predicted molar refractivity (Wildman–Crippen MR) is 83.7 cm³/mol. The van der Waals surface area contributed by atoms with Crippen LogP contribution in [0.3, 0.4) is 0 Å². The highest BCUT2D eigenvalue weighted by Crippen LogP contribution is 2.29. The van der Waals surface area contributed by atoms with E-state index in [0.717, 1.165) is 48.3 Å². The molecule has 1 aromatic carbocycles. The molecule has 0 atom stereocenters. The van der Waals surface area contributed by atoms with Crippen LogP contribution in [0.5, 0.6) is 0 Å². The van der Waals surface area contributed by atoms with Gasteiger partial charge in [-0.15, -0.1) is 0 Å². The molecule has 5 nitrogen and oxygen atoms in total. The van der Waals surface area contributed by atoms with Crippen LogP contribution in [0.4, 0.5) is 11.4 Å². The van der Waals surface area contributed by atoms with Crippen molar-refractivity contribution < 1.29 is 9.32 Å². The van der Waals surface area contributed by atoms with Gasteiger partial charge < -0.3 is 16.0 Å². The quantitative estimate of drug-likeness (QED) is 0.785. The lowest BCUT2D eigenvalue weighted by Gasteiger charge is -2.04. The molecular formula is C16H21N3O2. The number of Topliss-reactive ketones (excluding diaryl/α,β-unsaturated/α-hetero) is 1. The Bertz CT molecular complexity index is 619. The van der Waals surface area contributed by atoms with Gasteiger partial charge in [-0.3, -0.25) is 4.79 Å². The summed E-state index contributed by atoms with van der Waals surface area (Å²) in [4.78, 5) is 10.2. The van der Waals surface area contributed by atoms with Crippen LogP contribution < -0.4 is 11.5 Å². The summed E-state index contributed by atoms with van der Waals surface area (Å²) >= 11 is 0. The number of nitrogen functional groups attached to an aromatic ring is 2. The van der Waals surface area contributed by atoms with Crippen LogP contribution in [0.1, 0.15) is 37.1 Å². The lowest BCUT2D eigenvalue weighted by molar-refractivity contribution is -0.117.